The molecule has 0 radical (unpaired) electrons. The molecule has 0 fully saturated rings. The van der Waals surface area contributed by atoms with Crippen LogP contribution in [0.2, 0.25) is 0 Å². The van der Waals surface area contributed by atoms with Crippen LogP contribution in [0.1, 0.15) is 11.1 Å². The molecule has 0 aliphatic carbocycles. The molecule has 0 saturated carbocycles. The number of rotatable bonds is 1. The van der Waals surface area contributed by atoms with Gasteiger partial charge in [-0.25, -0.2) is 0 Å². The zero-order valence-corrected chi connectivity index (χ0v) is 9.80. The van der Waals surface area contributed by atoms with Crippen molar-refractivity contribution >= 4 is 17.4 Å². The van der Waals surface area contributed by atoms with Crippen molar-refractivity contribution < 1.29 is 9.53 Å². The number of carbonyl (C=O) groups excluding carboxylic acids is 1. The zero-order chi connectivity index (χ0) is 12.4. The molecule has 0 saturated heterocycles. The first kappa shape index (κ1) is 10.8. The average Bonchev–Trinajstić information content (AvgIpc) is 2.60. The fourth-order valence-corrected chi connectivity index (χ4v) is 2.05. The molecule has 1 aliphatic rings. The van der Waals surface area contributed by atoms with Gasteiger partial charge in [0.05, 0.1) is 0 Å². The second kappa shape index (κ2) is 4.49. The Labute approximate surface area is 106 Å². The quantitative estimate of drug-likeness (QED) is 0.760. The highest BCUT2D eigenvalue weighted by molar-refractivity contribution is 6.26. The number of hydrogen-bond donors (Lipinski definition) is 0. The Hall–Kier alpha value is -2.35. The maximum absolute atomic E-state index is 12.1. The summed E-state index contributed by atoms with van der Waals surface area (Å²) in [5, 5.41) is 0. The third-order valence-electron chi connectivity index (χ3n) is 2.96. The minimum absolute atomic E-state index is 0.0115. The molecule has 0 bridgehead atoms. The van der Waals surface area contributed by atoms with E-state index < -0.39 is 0 Å². The normalized spacial score (nSPS) is 14.2. The van der Waals surface area contributed by atoms with Crippen LogP contribution in [0, 0.1) is 0 Å². The number of ether oxygens (including phenoxy) is 1. The molecule has 0 spiro atoms. The van der Waals surface area contributed by atoms with Crippen molar-refractivity contribution in [1.82, 2.24) is 0 Å². The third-order valence-corrected chi connectivity index (χ3v) is 2.96. The highest BCUT2D eigenvalue weighted by Gasteiger charge is 2.17. The number of Topliss-reactive ketones (excluding diaryl/α,β-unsaturated/α-hetero) is 1. The van der Waals surface area contributed by atoms with Crippen molar-refractivity contribution in [2.24, 2.45) is 0 Å². The molecule has 0 unspecified atom stereocenters. The summed E-state index contributed by atoms with van der Waals surface area (Å²) in [5.41, 5.74) is 2.59. The van der Waals surface area contributed by atoms with Crippen molar-refractivity contribution in [3.8, 4) is 5.75 Å². The predicted octanol–water partition coefficient (Wildman–Crippen LogP) is 3.19. The summed E-state index contributed by atoms with van der Waals surface area (Å²) in [6, 6.07) is 17.4. The molecular formula is C16H12O2. The topological polar surface area (TPSA) is 26.3 Å². The molecule has 3 rings (SSSR count). The number of ketones is 1. The summed E-state index contributed by atoms with van der Waals surface area (Å²) in [6.07, 6.45) is 1.90. The van der Waals surface area contributed by atoms with E-state index in [9.17, 15) is 4.79 Å². The molecule has 2 aromatic rings. The van der Waals surface area contributed by atoms with E-state index in [1.165, 1.54) is 0 Å². The van der Waals surface area contributed by atoms with Gasteiger partial charge >= 0.3 is 0 Å². The first-order valence-electron chi connectivity index (χ1n) is 5.87. The minimum atomic E-state index is 0.0115. The van der Waals surface area contributed by atoms with Crippen LogP contribution in [-0.2, 0) is 4.79 Å². The number of para-hydroxylation sites is 1. The highest BCUT2D eigenvalue weighted by Crippen LogP contribution is 2.28. The Morgan fingerprint density at radius 2 is 1.61 bits per heavy atom. The van der Waals surface area contributed by atoms with Gasteiger partial charge in [0.1, 0.15) is 5.75 Å². The number of hydrogen-bond acceptors (Lipinski definition) is 2. The van der Waals surface area contributed by atoms with E-state index in [2.05, 4.69) is 0 Å². The first-order chi connectivity index (χ1) is 8.84. The molecule has 2 nitrogen and oxygen atoms in total. The summed E-state index contributed by atoms with van der Waals surface area (Å²) < 4.78 is 5.51. The van der Waals surface area contributed by atoms with E-state index in [1.54, 1.807) is 0 Å². The molecule has 18 heavy (non-hydrogen) atoms. The van der Waals surface area contributed by atoms with Crippen molar-refractivity contribution in [1.29, 1.82) is 0 Å². The van der Waals surface area contributed by atoms with Crippen molar-refractivity contribution in [3.63, 3.8) is 0 Å². The summed E-state index contributed by atoms with van der Waals surface area (Å²) in [5.74, 6) is 0.772. The minimum Gasteiger partial charge on any atom is -0.485 e. The van der Waals surface area contributed by atoms with Gasteiger partial charge < -0.3 is 4.74 Å². The van der Waals surface area contributed by atoms with Crippen molar-refractivity contribution in [2.45, 2.75) is 0 Å². The summed E-state index contributed by atoms with van der Waals surface area (Å²) in [7, 11) is 0. The smallest absolute Gasteiger partial charge is 0.200 e. The van der Waals surface area contributed by atoms with Gasteiger partial charge in [-0.3, -0.25) is 4.79 Å². The third kappa shape index (κ3) is 1.93. The summed E-state index contributed by atoms with van der Waals surface area (Å²) in [6.45, 7) is 0.0950. The average molecular weight is 236 g/mol. The molecule has 1 heterocycles. The van der Waals surface area contributed by atoms with Crippen molar-refractivity contribution in [3.05, 3.63) is 65.7 Å². The van der Waals surface area contributed by atoms with Gasteiger partial charge in [0.2, 0.25) is 5.78 Å². The van der Waals surface area contributed by atoms with E-state index in [0.29, 0.717) is 5.57 Å². The molecular weight excluding hydrogens is 224 g/mol. The lowest BCUT2D eigenvalue weighted by atomic mass is 10.00. The largest absolute Gasteiger partial charge is 0.485 e. The van der Waals surface area contributed by atoms with Crippen LogP contribution < -0.4 is 4.74 Å². The Morgan fingerprint density at radius 1 is 0.889 bits per heavy atom. The Kier molecular flexibility index (Phi) is 2.69. The Bertz CT molecular complexity index is 612. The van der Waals surface area contributed by atoms with Gasteiger partial charge in [-0.15, -0.1) is 0 Å². The highest BCUT2D eigenvalue weighted by atomic mass is 16.5. The molecule has 1 aliphatic heterocycles. The van der Waals surface area contributed by atoms with Crippen LogP contribution in [0.5, 0.6) is 5.75 Å². The van der Waals surface area contributed by atoms with E-state index in [1.807, 2.05) is 60.7 Å². The lowest BCUT2D eigenvalue weighted by Crippen LogP contribution is -2.11. The summed E-state index contributed by atoms with van der Waals surface area (Å²) >= 11 is 0. The van der Waals surface area contributed by atoms with E-state index in [-0.39, 0.29) is 12.4 Å². The van der Waals surface area contributed by atoms with Gasteiger partial charge in [-0.05, 0) is 17.7 Å². The monoisotopic (exact) mass is 236 g/mol. The van der Waals surface area contributed by atoms with Gasteiger partial charge in [0, 0.05) is 11.1 Å². The van der Waals surface area contributed by atoms with Crippen LogP contribution in [0.3, 0.4) is 0 Å². The van der Waals surface area contributed by atoms with Gasteiger partial charge in [0.15, 0.2) is 6.61 Å². The Morgan fingerprint density at radius 3 is 2.44 bits per heavy atom. The molecule has 88 valence electrons. The number of benzene rings is 2. The van der Waals surface area contributed by atoms with Gasteiger partial charge in [-0.1, -0.05) is 48.5 Å². The molecule has 0 amide bonds. The maximum atomic E-state index is 12.1. The standard InChI is InChI=1S/C16H12O2/c17-15-11-18-16-9-5-4-8-13(16)10-14(15)12-6-2-1-3-7-12/h1-10H,11H2. The summed E-state index contributed by atoms with van der Waals surface area (Å²) in [4.78, 5) is 12.1. The lowest BCUT2D eigenvalue weighted by Gasteiger charge is -2.04. The molecule has 0 N–H and O–H groups in total. The van der Waals surface area contributed by atoms with E-state index in [0.717, 1.165) is 16.9 Å². The molecule has 2 aromatic carbocycles. The number of carbonyl (C=O) groups is 1. The molecule has 0 aromatic heterocycles. The van der Waals surface area contributed by atoms with Crippen LogP contribution >= 0.6 is 0 Å². The van der Waals surface area contributed by atoms with Crippen molar-refractivity contribution in [2.75, 3.05) is 6.61 Å². The van der Waals surface area contributed by atoms with Crippen LogP contribution in [0.25, 0.3) is 11.6 Å². The molecule has 0 atom stereocenters. The van der Waals surface area contributed by atoms with Gasteiger partial charge in [-0.2, -0.15) is 0 Å². The molecule has 2 heteroatoms. The SMILES string of the molecule is O=C1COc2ccccc2C=C1c1ccccc1. The Balaban J connectivity index is 2.13. The number of fused-ring (bicyclic) bond motifs is 1. The lowest BCUT2D eigenvalue weighted by molar-refractivity contribution is -0.115. The first-order valence-corrected chi connectivity index (χ1v) is 5.87. The predicted molar refractivity (Wildman–Crippen MR) is 71.3 cm³/mol. The fraction of sp³-hybridized carbons (Fsp3) is 0.0625. The van der Waals surface area contributed by atoms with Crippen LogP contribution in [0.4, 0.5) is 0 Å². The van der Waals surface area contributed by atoms with E-state index in [4.69, 9.17) is 4.74 Å². The second-order valence-corrected chi connectivity index (χ2v) is 4.17. The second-order valence-electron chi connectivity index (χ2n) is 4.17. The maximum Gasteiger partial charge on any atom is 0.200 e. The fourth-order valence-electron chi connectivity index (χ4n) is 2.05. The van der Waals surface area contributed by atoms with Crippen LogP contribution in [0.15, 0.2) is 54.6 Å². The van der Waals surface area contributed by atoms with Crippen LogP contribution in [-0.4, -0.2) is 12.4 Å². The zero-order valence-electron chi connectivity index (χ0n) is 9.80. The van der Waals surface area contributed by atoms with E-state index >= 15 is 0 Å². The van der Waals surface area contributed by atoms with Gasteiger partial charge in [0.25, 0.3) is 0 Å².